The lowest BCUT2D eigenvalue weighted by molar-refractivity contribution is -0.136. The van der Waals surface area contributed by atoms with Crippen LogP contribution in [0.25, 0.3) is 11.0 Å². The van der Waals surface area contributed by atoms with Crippen LogP contribution in [0.3, 0.4) is 0 Å². The summed E-state index contributed by atoms with van der Waals surface area (Å²) in [5, 5.41) is 5.10. The van der Waals surface area contributed by atoms with Gasteiger partial charge >= 0.3 is 0 Å². The number of carbonyl (C=O) groups excluding carboxylic acids is 2. The minimum atomic E-state index is -0.154. The van der Waals surface area contributed by atoms with Gasteiger partial charge in [-0.2, -0.15) is 0 Å². The Hall–Kier alpha value is -3.35. The van der Waals surface area contributed by atoms with Gasteiger partial charge in [0.2, 0.25) is 5.91 Å². The number of carbonyl (C=O) groups is 2. The summed E-state index contributed by atoms with van der Waals surface area (Å²) in [4.78, 5) is 30.8. The van der Waals surface area contributed by atoms with Crippen molar-refractivity contribution in [2.24, 2.45) is 0 Å². The Balaban J connectivity index is 1.44. The van der Waals surface area contributed by atoms with E-state index in [0.717, 1.165) is 56.8 Å². The van der Waals surface area contributed by atoms with Crippen LogP contribution in [0.1, 0.15) is 67.4 Å². The predicted octanol–water partition coefficient (Wildman–Crippen LogP) is 5.24. The van der Waals surface area contributed by atoms with Gasteiger partial charge in [-0.05, 0) is 56.4 Å². The predicted molar refractivity (Wildman–Crippen MR) is 138 cm³/mol. The van der Waals surface area contributed by atoms with Crippen LogP contribution in [0.15, 0.2) is 53.1 Å². The summed E-state index contributed by atoms with van der Waals surface area (Å²) in [6.07, 6.45) is 7.84. The lowest BCUT2D eigenvalue weighted by Gasteiger charge is -2.40. The fourth-order valence-corrected chi connectivity index (χ4v) is 5.56. The highest BCUT2D eigenvalue weighted by Gasteiger charge is 2.35. The summed E-state index contributed by atoms with van der Waals surface area (Å²) in [6, 6.07) is 15.2. The van der Waals surface area contributed by atoms with Crippen LogP contribution in [-0.2, 0) is 11.2 Å². The molecular formula is C29H35N3O4. The van der Waals surface area contributed by atoms with Gasteiger partial charge in [0.1, 0.15) is 17.5 Å². The Kier molecular flexibility index (Phi) is 7.54. The molecule has 190 valence electrons. The minimum absolute atomic E-state index is 0.0131. The quantitative estimate of drug-likeness (QED) is 0.492. The molecule has 0 radical (unpaired) electrons. The van der Waals surface area contributed by atoms with Crippen LogP contribution in [0, 0.1) is 0 Å². The highest BCUT2D eigenvalue weighted by Crippen LogP contribution is 2.31. The van der Waals surface area contributed by atoms with Crippen LogP contribution in [-0.4, -0.2) is 59.1 Å². The maximum atomic E-state index is 13.8. The largest absolute Gasteiger partial charge is 0.487 e. The molecule has 0 N–H and O–H groups in total. The molecule has 7 nitrogen and oxygen atoms in total. The van der Waals surface area contributed by atoms with Crippen molar-refractivity contribution >= 4 is 22.8 Å². The van der Waals surface area contributed by atoms with Crippen LogP contribution in [0.4, 0.5) is 0 Å². The molecule has 1 aliphatic carbocycles. The van der Waals surface area contributed by atoms with Crippen molar-refractivity contribution in [1.29, 1.82) is 0 Å². The van der Waals surface area contributed by atoms with Gasteiger partial charge in [-0.25, -0.2) is 0 Å². The molecule has 5 rings (SSSR count). The highest BCUT2D eigenvalue weighted by atomic mass is 16.5. The average Bonchev–Trinajstić information content (AvgIpc) is 3.31. The topological polar surface area (TPSA) is 75.9 Å². The molecule has 0 bridgehead atoms. The Morgan fingerprint density at radius 3 is 2.58 bits per heavy atom. The molecule has 1 aromatic heterocycles. The molecule has 2 aromatic carbocycles. The van der Waals surface area contributed by atoms with Gasteiger partial charge in [-0.1, -0.05) is 48.7 Å². The normalized spacial score (nSPS) is 21.9. The molecule has 0 spiro atoms. The van der Waals surface area contributed by atoms with Gasteiger partial charge in [0.15, 0.2) is 5.58 Å². The zero-order valence-corrected chi connectivity index (χ0v) is 21.0. The summed E-state index contributed by atoms with van der Waals surface area (Å²) in [5.74, 6) is 0.657. The molecular weight excluding hydrogens is 454 g/mol. The van der Waals surface area contributed by atoms with E-state index in [1.54, 1.807) is 4.90 Å². The molecule has 2 amide bonds. The van der Waals surface area contributed by atoms with E-state index in [1.807, 2.05) is 60.5 Å². The zero-order chi connectivity index (χ0) is 24.9. The van der Waals surface area contributed by atoms with Gasteiger partial charge in [0, 0.05) is 25.5 Å². The maximum absolute atomic E-state index is 13.8. The molecule has 1 fully saturated rings. The van der Waals surface area contributed by atoms with Crippen molar-refractivity contribution in [2.75, 3.05) is 20.1 Å². The van der Waals surface area contributed by atoms with Gasteiger partial charge in [-0.3, -0.25) is 9.59 Å². The maximum Gasteiger partial charge on any atom is 0.257 e. The fourth-order valence-electron chi connectivity index (χ4n) is 5.56. The fraction of sp³-hybridized carbons (Fsp3) is 0.483. The smallest absolute Gasteiger partial charge is 0.257 e. The van der Waals surface area contributed by atoms with E-state index in [2.05, 4.69) is 5.16 Å². The van der Waals surface area contributed by atoms with E-state index in [0.29, 0.717) is 35.7 Å². The standard InChI is InChI=1S/C29H35N3O4/c1-31-18-10-2-3-11-19-32(28(33)20-23-21-12-4-8-16-26(21)36-30-23)24-14-6-9-17-27(24)35-25-15-7-5-13-22(25)29(31)34/h4-5,7-8,12-13,15-16,24,27H,2-3,6,9-11,14,17-20H2,1H3/t24-,27+/m1/s1. The van der Waals surface area contributed by atoms with E-state index < -0.39 is 0 Å². The number of aromatic nitrogens is 1. The SMILES string of the molecule is CN1CCCCCCN(C(=O)Cc2noc3ccccc23)[C@@H]2CCCC[C@@H]2Oc2ccccc2C1=O. The van der Waals surface area contributed by atoms with Crippen molar-refractivity contribution in [3.63, 3.8) is 0 Å². The van der Waals surface area contributed by atoms with Crippen LogP contribution in [0.5, 0.6) is 5.75 Å². The number of amides is 2. The van der Waals surface area contributed by atoms with E-state index >= 15 is 0 Å². The molecule has 0 unspecified atom stereocenters. The van der Waals surface area contributed by atoms with E-state index in [4.69, 9.17) is 9.26 Å². The number of hydrogen-bond acceptors (Lipinski definition) is 5. The Labute approximate surface area is 212 Å². The second kappa shape index (κ2) is 11.1. The van der Waals surface area contributed by atoms with E-state index in [-0.39, 0.29) is 30.4 Å². The second-order valence-electron chi connectivity index (χ2n) is 10.0. The first kappa shape index (κ1) is 24.3. The van der Waals surface area contributed by atoms with Crippen molar-refractivity contribution in [1.82, 2.24) is 15.0 Å². The Bertz CT molecular complexity index is 1210. The van der Waals surface area contributed by atoms with Crippen LogP contribution in [0.2, 0.25) is 0 Å². The molecule has 2 aliphatic rings. The lowest BCUT2D eigenvalue weighted by Crippen LogP contribution is -2.51. The Morgan fingerprint density at radius 2 is 1.69 bits per heavy atom. The number of rotatable bonds is 2. The molecule has 1 aliphatic heterocycles. The molecule has 0 saturated heterocycles. The minimum Gasteiger partial charge on any atom is -0.487 e. The highest BCUT2D eigenvalue weighted by molar-refractivity contribution is 5.96. The number of fused-ring (bicyclic) bond motifs is 3. The first-order valence-corrected chi connectivity index (χ1v) is 13.3. The molecule has 2 heterocycles. The number of nitrogens with zero attached hydrogens (tertiary/aromatic N) is 3. The Morgan fingerprint density at radius 1 is 0.944 bits per heavy atom. The number of benzene rings is 2. The molecule has 36 heavy (non-hydrogen) atoms. The number of para-hydroxylation sites is 2. The first-order valence-electron chi connectivity index (χ1n) is 13.3. The molecule has 7 heteroatoms. The second-order valence-corrected chi connectivity index (χ2v) is 10.0. The van der Waals surface area contributed by atoms with Crippen molar-refractivity contribution in [3.8, 4) is 5.75 Å². The van der Waals surface area contributed by atoms with Crippen molar-refractivity contribution < 1.29 is 18.8 Å². The van der Waals surface area contributed by atoms with Gasteiger partial charge in [-0.15, -0.1) is 0 Å². The van der Waals surface area contributed by atoms with Gasteiger partial charge in [0.25, 0.3) is 5.91 Å². The summed E-state index contributed by atoms with van der Waals surface area (Å²) >= 11 is 0. The third-order valence-corrected chi connectivity index (χ3v) is 7.54. The third kappa shape index (κ3) is 5.25. The van der Waals surface area contributed by atoms with Gasteiger partial charge in [0.05, 0.1) is 18.0 Å². The lowest BCUT2D eigenvalue weighted by atomic mass is 9.90. The number of hydrogen-bond donors (Lipinski definition) is 0. The van der Waals surface area contributed by atoms with Crippen molar-refractivity contribution in [2.45, 2.75) is 69.9 Å². The number of ether oxygens (including phenoxy) is 1. The van der Waals surface area contributed by atoms with Crippen LogP contribution < -0.4 is 4.74 Å². The molecule has 1 saturated carbocycles. The third-order valence-electron chi connectivity index (χ3n) is 7.54. The molecule has 3 aromatic rings. The monoisotopic (exact) mass is 489 g/mol. The van der Waals surface area contributed by atoms with E-state index in [1.165, 1.54) is 0 Å². The first-order chi connectivity index (χ1) is 17.6. The van der Waals surface area contributed by atoms with Crippen LogP contribution >= 0.6 is 0 Å². The average molecular weight is 490 g/mol. The summed E-state index contributed by atoms with van der Waals surface area (Å²) in [6.45, 7) is 1.41. The zero-order valence-electron chi connectivity index (χ0n) is 21.0. The van der Waals surface area contributed by atoms with Crippen molar-refractivity contribution in [3.05, 3.63) is 59.8 Å². The van der Waals surface area contributed by atoms with E-state index in [9.17, 15) is 9.59 Å². The summed E-state index contributed by atoms with van der Waals surface area (Å²) in [7, 11) is 1.86. The summed E-state index contributed by atoms with van der Waals surface area (Å²) < 4.78 is 12.0. The summed E-state index contributed by atoms with van der Waals surface area (Å²) in [5.41, 5.74) is 1.97. The molecule has 2 atom stereocenters. The van der Waals surface area contributed by atoms with Gasteiger partial charge < -0.3 is 19.1 Å².